The van der Waals surface area contributed by atoms with E-state index in [1.807, 2.05) is 13.0 Å². The molecule has 178 valence electrons. The highest BCUT2D eigenvalue weighted by molar-refractivity contribution is 7.96. The minimum absolute atomic E-state index is 0.0619. The fourth-order valence-electron chi connectivity index (χ4n) is 7.89. The highest BCUT2D eigenvalue weighted by Crippen LogP contribution is 2.67. The number of thiol groups is 1. The molecule has 0 saturated heterocycles. The summed E-state index contributed by atoms with van der Waals surface area (Å²) in [6.07, 6.45) is 6.32. The van der Waals surface area contributed by atoms with Gasteiger partial charge in [0.1, 0.15) is 5.60 Å². The molecule has 4 aliphatic rings. The predicted octanol–water partition coefficient (Wildman–Crippen LogP) is 4.05. The third kappa shape index (κ3) is 3.39. The summed E-state index contributed by atoms with van der Waals surface area (Å²) in [5.74, 6) is 0.444. The summed E-state index contributed by atoms with van der Waals surface area (Å²) in [7, 11) is 0. The van der Waals surface area contributed by atoms with E-state index in [1.54, 1.807) is 13.8 Å². The maximum absolute atomic E-state index is 13.4. The lowest BCUT2D eigenvalue weighted by Crippen LogP contribution is -2.61. The topological polar surface area (TPSA) is 91.7 Å². The van der Waals surface area contributed by atoms with Crippen molar-refractivity contribution in [2.24, 2.45) is 34.0 Å². The van der Waals surface area contributed by atoms with E-state index in [0.717, 1.165) is 25.7 Å². The zero-order chi connectivity index (χ0) is 23.7. The Morgan fingerprint density at radius 1 is 1.19 bits per heavy atom. The number of hydrogen-bond donors (Lipinski definition) is 3. The van der Waals surface area contributed by atoms with Crippen molar-refractivity contribution in [3.63, 3.8) is 0 Å². The number of hydrogen-bond acceptors (Lipinski definition) is 5. The minimum atomic E-state index is -1.47. The molecule has 0 aromatic carbocycles. The molecule has 0 radical (unpaired) electrons. The van der Waals surface area contributed by atoms with Gasteiger partial charge in [0.15, 0.2) is 16.7 Å². The first kappa shape index (κ1) is 24.2. The van der Waals surface area contributed by atoms with Crippen LogP contribution in [0.3, 0.4) is 0 Å². The van der Waals surface area contributed by atoms with Crippen LogP contribution in [0.25, 0.3) is 0 Å². The van der Waals surface area contributed by atoms with E-state index in [2.05, 4.69) is 19.6 Å². The van der Waals surface area contributed by atoms with E-state index in [4.69, 9.17) is 0 Å². The molecule has 0 aromatic heterocycles. The van der Waals surface area contributed by atoms with Gasteiger partial charge in [-0.1, -0.05) is 33.3 Å². The van der Waals surface area contributed by atoms with Crippen LogP contribution in [-0.4, -0.2) is 38.6 Å². The zero-order valence-corrected chi connectivity index (χ0v) is 20.7. The number of carbonyl (C=O) groups is 3. The van der Waals surface area contributed by atoms with Crippen LogP contribution in [0.4, 0.5) is 0 Å². The summed E-state index contributed by atoms with van der Waals surface area (Å²) in [6.45, 7) is 7.75. The number of carbonyl (C=O) groups excluding carboxylic acids is 3. The summed E-state index contributed by atoms with van der Waals surface area (Å²) in [5, 5.41) is 23.0. The molecule has 0 heterocycles. The van der Waals surface area contributed by atoms with Crippen molar-refractivity contribution in [3.05, 3.63) is 11.6 Å². The SMILES string of the molecule is CC(C)(CCC(=O)[C@@]1(O)CC[C@@H]2[C@H]3CCC4=CC(=O)CC[C@]4(C)[C@H]3[C@@H](O)C[C@@]21C)C(=O)S. The lowest BCUT2D eigenvalue weighted by molar-refractivity contribution is -0.180. The molecule has 3 saturated carbocycles. The van der Waals surface area contributed by atoms with Gasteiger partial charge in [-0.3, -0.25) is 14.4 Å². The molecule has 2 N–H and O–H groups in total. The molecule has 0 amide bonds. The normalized spacial score (nSPS) is 43.7. The molecule has 7 atom stereocenters. The number of aliphatic hydroxyl groups excluding tert-OH is 1. The van der Waals surface area contributed by atoms with Gasteiger partial charge in [-0.05, 0) is 74.2 Å². The molecule has 0 aromatic rings. The Kier molecular flexibility index (Phi) is 5.87. The van der Waals surface area contributed by atoms with E-state index in [9.17, 15) is 24.6 Å². The molecule has 0 aliphatic heterocycles. The summed E-state index contributed by atoms with van der Waals surface area (Å²) < 4.78 is 0. The number of rotatable bonds is 5. The summed E-state index contributed by atoms with van der Waals surface area (Å²) in [5.41, 5.74) is -1.87. The van der Waals surface area contributed by atoms with Gasteiger partial charge < -0.3 is 10.2 Å². The molecule has 3 fully saturated rings. The van der Waals surface area contributed by atoms with Crippen LogP contribution < -0.4 is 0 Å². The Bertz CT molecular complexity index is 877. The number of ketones is 2. The average molecular weight is 463 g/mol. The summed E-state index contributed by atoms with van der Waals surface area (Å²) in [4.78, 5) is 37.2. The van der Waals surface area contributed by atoms with Gasteiger partial charge in [-0.25, -0.2) is 0 Å². The van der Waals surface area contributed by atoms with Crippen molar-refractivity contribution in [1.82, 2.24) is 0 Å². The second kappa shape index (κ2) is 7.78. The number of allylic oxidation sites excluding steroid dienone is 1. The smallest absolute Gasteiger partial charge is 0.191 e. The van der Waals surface area contributed by atoms with Crippen LogP contribution in [0, 0.1) is 34.0 Å². The van der Waals surface area contributed by atoms with Crippen LogP contribution in [0.5, 0.6) is 0 Å². The first-order chi connectivity index (χ1) is 14.8. The van der Waals surface area contributed by atoms with Gasteiger partial charge in [0, 0.05) is 23.7 Å². The Labute approximate surface area is 196 Å². The maximum atomic E-state index is 13.4. The fourth-order valence-corrected chi connectivity index (χ4v) is 8.00. The van der Waals surface area contributed by atoms with Crippen molar-refractivity contribution in [3.8, 4) is 0 Å². The Morgan fingerprint density at radius 2 is 1.88 bits per heavy atom. The van der Waals surface area contributed by atoms with Gasteiger partial charge in [0.25, 0.3) is 0 Å². The molecule has 6 heteroatoms. The Morgan fingerprint density at radius 3 is 2.53 bits per heavy atom. The van der Waals surface area contributed by atoms with Gasteiger partial charge in [0.05, 0.1) is 6.10 Å². The van der Waals surface area contributed by atoms with Crippen molar-refractivity contribution in [2.75, 3.05) is 0 Å². The number of aliphatic hydroxyl groups is 2. The van der Waals surface area contributed by atoms with Crippen molar-refractivity contribution in [2.45, 2.75) is 97.2 Å². The number of Topliss-reactive ketones (excluding diaryl/α,β-unsaturated/α-hetero) is 1. The quantitative estimate of drug-likeness (QED) is 0.536. The van der Waals surface area contributed by atoms with Crippen molar-refractivity contribution in [1.29, 1.82) is 0 Å². The summed E-state index contributed by atoms with van der Waals surface area (Å²) >= 11 is 3.95. The van der Waals surface area contributed by atoms with E-state index in [-0.39, 0.29) is 46.3 Å². The van der Waals surface area contributed by atoms with E-state index < -0.39 is 22.5 Å². The lowest BCUT2D eigenvalue weighted by atomic mass is 9.45. The third-order valence-electron chi connectivity index (χ3n) is 10.1. The van der Waals surface area contributed by atoms with Crippen LogP contribution in [-0.2, 0) is 14.4 Å². The van der Waals surface area contributed by atoms with Crippen molar-refractivity contribution >= 4 is 29.3 Å². The van der Waals surface area contributed by atoms with Gasteiger partial charge >= 0.3 is 0 Å². The Balaban J connectivity index is 1.60. The first-order valence-electron chi connectivity index (χ1n) is 12.2. The fraction of sp³-hybridized carbons (Fsp3) is 0.808. The molecular formula is C26H38O5S. The van der Waals surface area contributed by atoms with Crippen LogP contribution >= 0.6 is 12.6 Å². The van der Waals surface area contributed by atoms with E-state index in [1.165, 1.54) is 5.57 Å². The molecule has 0 bridgehead atoms. The average Bonchev–Trinajstić information content (AvgIpc) is 2.98. The number of fused-ring (bicyclic) bond motifs is 5. The van der Waals surface area contributed by atoms with Crippen LogP contribution in [0.15, 0.2) is 11.6 Å². The van der Waals surface area contributed by atoms with Gasteiger partial charge in [0.2, 0.25) is 0 Å². The molecule has 0 unspecified atom stereocenters. The van der Waals surface area contributed by atoms with Gasteiger partial charge in [-0.2, -0.15) is 0 Å². The lowest BCUT2D eigenvalue weighted by Gasteiger charge is -2.60. The minimum Gasteiger partial charge on any atom is -0.393 e. The molecular weight excluding hydrogens is 424 g/mol. The van der Waals surface area contributed by atoms with Crippen LogP contribution in [0.1, 0.15) is 85.5 Å². The monoisotopic (exact) mass is 462 g/mol. The van der Waals surface area contributed by atoms with E-state index in [0.29, 0.717) is 25.7 Å². The predicted molar refractivity (Wildman–Crippen MR) is 125 cm³/mol. The van der Waals surface area contributed by atoms with E-state index >= 15 is 0 Å². The molecule has 5 nitrogen and oxygen atoms in total. The summed E-state index contributed by atoms with van der Waals surface area (Å²) in [6, 6.07) is 0. The second-order valence-electron chi connectivity index (χ2n) is 12.1. The van der Waals surface area contributed by atoms with Crippen LogP contribution in [0.2, 0.25) is 0 Å². The maximum Gasteiger partial charge on any atom is 0.191 e. The zero-order valence-electron chi connectivity index (χ0n) is 19.8. The largest absolute Gasteiger partial charge is 0.393 e. The molecule has 4 aliphatic carbocycles. The Hall–Kier alpha value is -0.980. The van der Waals surface area contributed by atoms with Crippen molar-refractivity contribution < 1.29 is 24.6 Å². The molecule has 4 rings (SSSR count). The van der Waals surface area contributed by atoms with Gasteiger partial charge in [-0.15, -0.1) is 12.6 Å². The third-order valence-corrected chi connectivity index (χ3v) is 10.7. The molecule has 0 spiro atoms. The standard InChI is InChI=1S/C26H38O5S/c1-23(2,22(30)32)10-9-20(29)26(31)12-8-18-17-6-5-15-13-16(27)7-11-24(15,3)21(17)19(28)14-25(18,26)4/h13,17-19,21,28,31H,5-12,14H2,1-4H3,(H,30,32)/t17-,18-,19+,21-,24+,25+,26+/m1/s1. The first-order valence-corrected chi connectivity index (χ1v) is 12.6. The second-order valence-corrected chi connectivity index (χ2v) is 12.5. The molecule has 32 heavy (non-hydrogen) atoms. The highest BCUT2D eigenvalue weighted by atomic mass is 32.1. The highest BCUT2D eigenvalue weighted by Gasteiger charge is 2.68.